The van der Waals surface area contributed by atoms with Crippen molar-refractivity contribution in [1.82, 2.24) is 10.2 Å². The number of amides is 2. The maximum absolute atomic E-state index is 11.8. The fourth-order valence-electron chi connectivity index (χ4n) is 0.877. The minimum atomic E-state index is -1.25. The Hall–Kier alpha value is -1.30. The average Bonchev–Trinajstić information content (AvgIpc) is 2.24. The Labute approximate surface area is 102 Å². The smallest absolute Gasteiger partial charge is 0.329 e. The number of aliphatic carboxylic acids is 1. The van der Waals surface area contributed by atoms with Gasteiger partial charge in [-0.15, -0.1) is 0 Å². The number of carbonyl (C=O) groups excluding carboxylic acids is 1. The van der Waals surface area contributed by atoms with Gasteiger partial charge in [-0.3, -0.25) is 0 Å². The maximum Gasteiger partial charge on any atom is 0.329 e. The summed E-state index contributed by atoms with van der Waals surface area (Å²) in [5, 5.41) is 11.6. The van der Waals surface area contributed by atoms with Crippen molar-refractivity contribution in [3.63, 3.8) is 0 Å². The molecule has 0 aliphatic heterocycles. The van der Waals surface area contributed by atoms with Crippen LogP contribution in [0.15, 0.2) is 0 Å². The molecule has 6 heteroatoms. The van der Waals surface area contributed by atoms with Crippen LogP contribution < -0.4 is 5.32 Å². The SMILES string of the molecule is COC(C)(C)CNC(=O)N(C)C(C)(C)C(=O)O. The van der Waals surface area contributed by atoms with Crippen LogP contribution >= 0.6 is 0 Å². The highest BCUT2D eigenvalue weighted by Gasteiger charge is 2.35. The lowest BCUT2D eigenvalue weighted by atomic mass is 10.0. The third kappa shape index (κ3) is 4.22. The third-order valence-corrected chi connectivity index (χ3v) is 2.88. The molecule has 17 heavy (non-hydrogen) atoms. The minimum Gasteiger partial charge on any atom is -0.480 e. The van der Waals surface area contributed by atoms with Gasteiger partial charge in [-0.2, -0.15) is 0 Å². The van der Waals surface area contributed by atoms with Crippen LogP contribution in [0.25, 0.3) is 0 Å². The molecule has 0 rings (SSSR count). The molecule has 0 bridgehead atoms. The van der Waals surface area contributed by atoms with E-state index in [-0.39, 0.29) is 0 Å². The van der Waals surface area contributed by atoms with Crippen LogP contribution in [0, 0.1) is 0 Å². The number of hydrogen-bond acceptors (Lipinski definition) is 3. The fourth-order valence-corrected chi connectivity index (χ4v) is 0.877. The molecule has 0 aliphatic carbocycles. The zero-order valence-corrected chi connectivity index (χ0v) is 11.3. The van der Waals surface area contributed by atoms with E-state index in [0.29, 0.717) is 6.54 Å². The number of carbonyl (C=O) groups is 2. The molecule has 0 atom stereocenters. The molecular formula is C11H22N2O4. The first-order chi connectivity index (χ1) is 7.54. The molecule has 0 aromatic rings. The molecule has 0 aliphatic rings. The van der Waals surface area contributed by atoms with E-state index in [9.17, 15) is 9.59 Å². The predicted molar refractivity (Wildman–Crippen MR) is 64.0 cm³/mol. The lowest BCUT2D eigenvalue weighted by molar-refractivity contribution is -0.146. The van der Waals surface area contributed by atoms with Crippen molar-refractivity contribution in [2.24, 2.45) is 0 Å². The summed E-state index contributed by atoms with van der Waals surface area (Å²) in [5.41, 5.74) is -1.73. The number of nitrogens with one attached hydrogen (secondary N) is 1. The highest BCUT2D eigenvalue weighted by molar-refractivity contribution is 5.85. The fraction of sp³-hybridized carbons (Fsp3) is 0.818. The third-order valence-electron chi connectivity index (χ3n) is 2.88. The molecule has 0 radical (unpaired) electrons. The normalized spacial score (nSPS) is 12.1. The minimum absolute atomic E-state index is 0.308. The van der Waals surface area contributed by atoms with Crippen LogP contribution in [0.2, 0.25) is 0 Å². The van der Waals surface area contributed by atoms with Crippen molar-refractivity contribution >= 4 is 12.0 Å². The van der Waals surface area contributed by atoms with E-state index < -0.39 is 23.1 Å². The number of ether oxygens (including phenoxy) is 1. The van der Waals surface area contributed by atoms with Crippen molar-refractivity contribution in [1.29, 1.82) is 0 Å². The van der Waals surface area contributed by atoms with E-state index in [0.717, 1.165) is 4.90 Å². The Morgan fingerprint density at radius 3 is 2.12 bits per heavy atom. The summed E-state index contributed by atoms with van der Waals surface area (Å²) in [7, 11) is 3.00. The molecule has 0 aromatic heterocycles. The van der Waals surface area contributed by atoms with Gasteiger partial charge in [0.15, 0.2) is 0 Å². The lowest BCUT2D eigenvalue weighted by Crippen LogP contribution is -2.55. The van der Waals surface area contributed by atoms with Crippen LogP contribution in [0.1, 0.15) is 27.7 Å². The van der Waals surface area contributed by atoms with Crippen LogP contribution in [0.3, 0.4) is 0 Å². The quantitative estimate of drug-likeness (QED) is 0.756. The van der Waals surface area contributed by atoms with Gasteiger partial charge in [0.25, 0.3) is 0 Å². The van der Waals surface area contributed by atoms with Gasteiger partial charge in [-0.25, -0.2) is 9.59 Å². The zero-order chi connectivity index (χ0) is 13.9. The van der Waals surface area contributed by atoms with E-state index in [1.165, 1.54) is 20.9 Å². The number of rotatable bonds is 5. The number of likely N-dealkylation sites (N-methyl/N-ethyl adjacent to an activating group) is 1. The van der Waals surface area contributed by atoms with E-state index in [4.69, 9.17) is 9.84 Å². The standard InChI is InChI=1S/C11H22N2O4/c1-10(2,17-6)7-12-9(16)13(5)11(3,4)8(14)15/h7H2,1-6H3,(H,12,16)(H,14,15). The van der Waals surface area contributed by atoms with Crippen LogP contribution in [-0.4, -0.2) is 53.8 Å². The summed E-state index contributed by atoms with van der Waals surface area (Å²) >= 11 is 0. The number of carboxylic acids is 1. The van der Waals surface area contributed by atoms with Crippen LogP contribution in [0.4, 0.5) is 4.79 Å². The van der Waals surface area contributed by atoms with Gasteiger partial charge in [-0.1, -0.05) is 0 Å². The Balaban J connectivity index is 4.49. The Morgan fingerprint density at radius 2 is 1.76 bits per heavy atom. The van der Waals surface area contributed by atoms with E-state index in [1.807, 2.05) is 13.8 Å². The van der Waals surface area contributed by atoms with Crippen molar-refractivity contribution in [3.8, 4) is 0 Å². The number of urea groups is 1. The molecule has 0 aromatic carbocycles. The Bertz CT molecular complexity index is 300. The first kappa shape index (κ1) is 15.7. The molecule has 0 fully saturated rings. The van der Waals surface area contributed by atoms with Gasteiger partial charge in [0.1, 0.15) is 5.54 Å². The van der Waals surface area contributed by atoms with Gasteiger partial charge in [0.2, 0.25) is 0 Å². The summed E-state index contributed by atoms with van der Waals surface area (Å²) in [6.07, 6.45) is 0. The highest BCUT2D eigenvalue weighted by atomic mass is 16.5. The predicted octanol–water partition coefficient (Wildman–Crippen LogP) is 0.916. The number of hydrogen-bond donors (Lipinski definition) is 2. The molecule has 0 saturated carbocycles. The Morgan fingerprint density at radius 1 is 1.29 bits per heavy atom. The summed E-state index contributed by atoms with van der Waals surface area (Å²) in [6, 6.07) is -0.442. The second kappa shape index (κ2) is 5.35. The molecule has 0 heterocycles. The van der Waals surface area contributed by atoms with Crippen molar-refractivity contribution in [2.45, 2.75) is 38.8 Å². The van der Waals surface area contributed by atoms with Crippen molar-refractivity contribution < 1.29 is 19.4 Å². The largest absolute Gasteiger partial charge is 0.480 e. The molecule has 6 nitrogen and oxygen atoms in total. The van der Waals surface area contributed by atoms with E-state index in [2.05, 4.69) is 5.32 Å². The lowest BCUT2D eigenvalue weighted by Gasteiger charge is -2.33. The van der Waals surface area contributed by atoms with E-state index in [1.54, 1.807) is 7.11 Å². The topological polar surface area (TPSA) is 78.9 Å². The number of methoxy groups -OCH3 is 1. The molecule has 0 spiro atoms. The van der Waals surface area contributed by atoms with Gasteiger partial charge < -0.3 is 20.1 Å². The van der Waals surface area contributed by atoms with Crippen LogP contribution in [-0.2, 0) is 9.53 Å². The molecule has 0 saturated heterocycles. The Kier molecular flexibility index (Phi) is 4.94. The number of nitrogens with zero attached hydrogens (tertiary/aromatic N) is 1. The van der Waals surface area contributed by atoms with Crippen molar-refractivity contribution in [2.75, 3.05) is 20.7 Å². The molecule has 100 valence electrons. The van der Waals surface area contributed by atoms with Crippen molar-refractivity contribution in [3.05, 3.63) is 0 Å². The monoisotopic (exact) mass is 246 g/mol. The number of carboxylic acid groups (broad SMARTS) is 1. The molecule has 0 unspecified atom stereocenters. The molecule has 2 amide bonds. The summed E-state index contributed by atoms with van der Waals surface area (Å²) < 4.78 is 5.15. The summed E-state index contributed by atoms with van der Waals surface area (Å²) in [5.74, 6) is -1.05. The second-order valence-corrected chi connectivity index (χ2v) is 5.05. The van der Waals surface area contributed by atoms with Gasteiger partial charge in [-0.05, 0) is 27.7 Å². The average molecular weight is 246 g/mol. The molecule has 2 N–H and O–H groups in total. The maximum atomic E-state index is 11.8. The van der Waals surface area contributed by atoms with E-state index >= 15 is 0 Å². The first-order valence-electron chi connectivity index (χ1n) is 5.35. The van der Waals surface area contributed by atoms with Crippen LogP contribution in [0.5, 0.6) is 0 Å². The van der Waals surface area contributed by atoms with Gasteiger partial charge >= 0.3 is 12.0 Å². The first-order valence-corrected chi connectivity index (χ1v) is 5.35. The van der Waals surface area contributed by atoms with Gasteiger partial charge in [0.05, 0.1) is 5.60 Å². The van der Waals surface area contributed by atoms with Gasteiger partial charge in [0, 0.05) is 20.7 Å². The second-order valence-electron chi connectivity index (χ2n) is 5.05. The zero-order valence-electron chi connectivity index (χ0n) is 11.3. The molecular weight excluding hydrogens is 224 g/mol. The summed E-state index contributed by atoms with van der Waals surface area (Å²) in [6.45, 7) is 6.90. The summed E-state index contributed by atoms with van der Waals surface area (Å²) in [4.78, 5) is 23.9. The highest BCUT2D eigenvalue weighted by Crippen LogP contribution is 2.13.